The van der Waals surface area contributed by atoms with Gasteiger partial charge in [0.05, 0.1) is 0 Å². The molecule has 2 N–H and O–H groups in total. The molecule has 1 aliphatic carbocycles. The van der Waals surface area contributed by atoms with Crippen LogP contribution in [0.3, 0.4) is 0 Å². The number of nitrogens with zero attached hydrogens (tertiary/aromatic N) is 1. The molecular formula is C15H22N2O. The summed E-state index contributed by atoms with van der Waals surface area (Å²) < 4.78 is 0. The maximum Gasteiger partial charge on any atom is 0.224 e. The molecule has 1 amide bonds. The van der Waals surface area contributed by atoms with Crippen molar-refractivity contribution >= 4 is 5.91 Å². The van der Waals surface area contributed by atoms with Gasteiger partial charge in [-0.3, -0.25) is 4.79 Å². The molecule has 0 spiro atoms. The van der Waals surface area contributed by atoms with Crippen molar-refractivity contribution in [2.24, 2.45) is 11.7 Å². The molecule has 3 heteroatoms. The Morgan fingerprint density at radius 3 is 2.56 bits per heavy atom. The molecule has 0 heterocycles. The first-order valence-electron chi connectivity index (χ1n) is 6.61. The summed E-state index contributed by atoms with van der Waals surface area (Å²) in [6.07, 6.45) is 2.86. The predicted octanol–water partition coefficient (Wildman–Crippen LogP) is 2.08. The van der Waals surface area contributed by atoms with Gasteiger partial charge in [0.25, 0.3) is 0 Å². The average molecular weight is 246 g/mol. The van der Waals surface area contributed by atoms with E-state index in [1.54, 1.807) is 4.90 Å². The summed E-state index contributed by atoms with van der Waals surface area (Å²) >= 11 is 0. The first kappa shape index (κ1) is 13.1. The summed E-state index contributed by atoms with van der Waals surface area (Å²) in [5.74, 6) is 0.733. The van der Waals surface area contributed by atoms with E-state index in [0.717, 1.165) is 5.56 Å². The molecule has 0 aliphatic heterocycles. The van der Waals surface area contributed by atoms with Gasteiger partial charge in [0, 0.05) is 26.1 Å². The number of nitrogens with two attached hydrogens (primary N) is 1. The number of hydrogen-bond donors (Lipinski definition) is 1. The van der Waals surface area contributed by atoms with Crippen molar-refractivity contribution in [3.63, 3.8) is 0 Å². The zero-order valence-corrected chi connectivity index (χ0v) is 11.2. The summed E-state index contributed by atoms with van der Waals surface area (Å²) in [5.41, 5.74) is 8.39. The van der Waals surface area contributed by atoms with Gasteiger partial charge in [-0.25, -0.2) is 0 Å². The molecule has 2 rings (SSSR count). The topological polar surface area (TPSA) is 46.3 Å². The van der Waals surface area contributed by atoms with Crippen molar-refractivity contribution in [1.82, 2.24) is 4.90 Å². The summed E-state index contributed by atoms with van der Waals surface area (Å²) in [4.78, 5) is 13.8. The lowest BCUT2D eigenvalue weighted by Gasteiger charge is -2.19. The van der Waals surface area contributed by atoms with E-state index in [-0.39, 0.29) is 11.9 Å². The quantitative estimate of drug-likeness (QED) is 0.864. The molecule has 1 aromatic rings. The van der Waals surface area contributed by atoms with Crippen LogP contribution < -0.4 is 5.73 Å². The Labute approximate surface area is 109 Å². The van der Waals surface area contributed by atoms with Gasteiger partial charge >= 0.3 is 0 Å². The maximum absolute atomic E-state index is 12.0. The van der Waals surface area contributed by atoms with Crippen LogP contribution in [0, 0.1) is 12.8 Å². The molecule has 1 fully saturated rings. The van der Waals surface area contributed by atoms with Gasteiger partial charge in [-0.15, -0.1) is 0 Å². The second-order valence-corrected chi connectivity index (χ2v) is 5.44. The molecule has 0 aromatic heterocycles. The van der Waals surface area contributed by atoms with E-state index in [0.29, 0.717) is 18.9 Å². The van der Waals surface area contributed by atoms with Crippen LogP contribution in [0.5, 0.6) is 0 Å². The zero-order chi connectivity index (χ0) is 13.1. The van der Waals surface area contributed by atoms with Crippen LogP contribution in [0.25, 0.3) is 0 Å². The Kier molecular flexibility index (Phi) is 4.02. The van der Waals surface area contributed by atoms with Gasteiger partial charge < -0.3 is 10.6 Å². The second kappa shape index (κ2) is 5.53. The molecule has 3 nitrogen and oxygen atoms in total. The third-order valence-corrected chi connectivity index (χ3v) is 3.60. The highest BCUT2D eigenvalue weighted by Crippen LogP contribution is 2.32. The molecular weight excluding hydrogens is 224 g/mol. The van der Waals surface area contributed by atoms with E-state index >= 15 is 0 Å². The minimum absolute atomic E-state index is 0.0537. The highest BCUT2D eigenvalue weighted by molar-refractivity contribution is 5.76. The Hall–Kier alpha value is -1.35. The van der Waals surface area contributed by atoms with Crippen molar-refractivity contribution < 1.29 is 4.79 Å². The third kappa shape index (κ3) is 3.57. The van der Waals surface area contributed by atoms with Crippen molar-refractivity contribution in [3.05, 3.63) is 35.4 Å². The number of aryl methyl sites for hydroxylation is 1. The Bertz CT molecular complexity index is 409. The van der Waals surface area contributed by atoms with Crippen LogP contribution >= 0.6 is 0 Å². The minimum atomic E-state index is 0.0537. The van der Waals surface area contributed by atoms with E-state index in [2.05, 4.69) is 31.2 Å². The molecule has 0 bridgehead atoms. The zero-order valence-electron chi connectivity index (χ0n) is 11.2. The monoisotopic (exact) mass is 246 g/mol. The standard InChI is InChI=1S/C15H22N2O/c1-11-3-5-12(6-4-11)10-17(2)15(18)9-14(16)13-7-8-13/h3-6,13-14H,7-10,16H2,1-2H3. The SMILES string of the molecule is Cc1ccc(CN(C)C(=O)CC(N)C2CC2)cc1. The van der Waals surface area contributed by atoms with E-state index in [1.807, 2.05) is 7.05 Å². The summed E-state index contributed by atoms with van der Waals surface area (Å²) in [7, 11) is 1.85. The van der Waals surface area contributed by atoms with E-state index in [1.165, 1.54) is 18.4 Å². The van der Waals surface area contributed by atoms with Crippen LogP contribution in [0.15, 0.2) is 24.3 Å². The number of carbonyl (C=O) groups excluding carboxylic acids is 1. The average Bonchev–Trinajstić information content (AvgIpc) is 3.16. The molecule has 1 unspecified atom stereocenters. The molecule has 18 heavy (non-hydrogen) atoms. The molecule has 1 aromatic carbocycles. The third-order valence-electron chi connectivity index (χ3n) is 3.60. The minimum Gasteiger partial charge on any atom is -0.341 e. The molecule has 0 saturated heterocycles. The van der Waals surface area contributed by atoms with Crippen LogP contribution in [0.2, 0.25) is 0 Å². The van der Waals surface area contributed by atoms with Gasteiger partial charge in [-0.1, -0.05) is 29.8 Å². The van der Waals surface area contributed by atoms with Gasteiger partial charge in [0.1, 0.15) is 0 Å². The lowest BCUT2D eigenvalue weighted by molar-refractivity contribution is -0.130. The smallest absolute Gasteiger partial charge is 0.224 e. The first-order valence-corrected chi connectivity index (χ1v) is 6.61. The normalized spacial score (nSPS) is 16.4. The van der Waals surface area contributed by atoms with Crippen LogP contribution in [-0.4, -0.2) is 23.9 Å². The number of amides is 1. The van der Waals surface area contributed by atoms with E-state index in [9.17, 15) is 4.79 Å². The number of rotatable bonds is 5. The molecule has 0 radical (unpaired) electrons. The Balaban J connectivity index is 1.84. The summed E-state index contributed by atoms with van der Waals surface area (Å²) in [6.45, 7) is 2.73. The Morgan fingerprint density at radius 2 is 2.00 bits per heavy atom. The summed E-state index contributed by atoms with van der Waals surface area (Å²) in [6, 6.07) is 8.34. The number of benzene rings is 1. The van der Waals surface area contributed by atoms with Crippen molar-refractivity contribution in [1.29, 1.82) is 0 Å². The van der Waals surface area contributed by atoms with E-state index in [4.69, 9.17) is 5.73 Å². The van der Waals surface area contributed by atoms with Gasteiger partial charge in [-0.05, 0) is 31.2 Å². The van der Waals surface area contributed by atoms with Crippen LogP contribution in [0.4, 0.5) is 0 Å². The number of hydrogen-bond acceptors (Lipinski definition) is 2. The highest BCUT2D eigenvalue weighted by Gasteiger charge is 2.30. The fourth-order valence-electron chi connectivity index (χ4n) is 2.10. The molecule has 1 saturated carbocycles. The van der Waals surface area contributed by atoms with Gasteiger partial charge in [0.15, 0.2) is 0 Å². The van der Waals surface area contributed by atoms with E-state index < -0.39 is 0 Å². The highest BCUT2D eigenvalue weighted by atomic mass is 16.2. The van der Waals surface area contributed by atoms with Gasteiger partial charge in [-0.2, -0.15) is 0 Å². The van der Waals surface area contributed by atoms with Crippen molar-refractivity contribution in [2.75, 3.05) is 7.05 Å². The summed E-state index contributed by atoms with van der Waals surface area (Å²) in [5, 5.41) is 0. The lowest BCUT2D eigenvalue weighted by atomic mass is 10.1. The largest absolute Gasteiger partial charge is 0.341 e. The fourth-order valence-corrected chi connectivity index (χ4v) is 2.10. The predicted molar refractivity (Wildman–Crippen MR) is 73.0 cm³/mol. The molecule has 1 atom stereocenters. The molecule has 1 aliphatic rings. The molecule has 98 valence electrons. The van der Waals surface area contributed by atoms with Crippen molar-refractivity contribution in [3.8, 4) is 0 Å². The second-order valence-electron chi connectivity index (χ2n) is 5.44. The number of carbonyl (C=O) groups is 1. The maximum atomic E-state index is 12.0. The van der Waals surface area contributed by atoms with Crippen LogP contribution in [0.1, 0.15) is 30.4 Å². The van der Waals surface area contributed by atoms with Crippen molar-refractivity contribution in [2.45, 2.75) is 38.8 Å². The van der Waals surface area contributed by atoms with Gasteiger partial charge in [0.2, 0.25) is 5.91 Å². The lowest BCUT2D eigenvalue weighted by Crippen LogP contribution is -2.34. The van der Waals surface area contributed by atoms with Crippen LogP contribution in [-0.2, 0) is 11.3 Å². The fraction of sp³-hybridized carbons (Fsp3) is 0.533. The Morgan fingerprint density at radius 1 is 1.39 bits per heavy atom. The first-order chi connectivity index (χ1) is 8.56.